The topological polar surface area (TPSA) is 105 Å². The second kappa shape index (κ2) is 4.35. The maximum Gasteiger partial charge on any atom is 0.273 e. The first-order valence-corrected chi connectivity index (χ1v) is 5.22. The molecule has 1 fully saturated rings. The minimum atomic E-state index is -0.487. The van der Waals surface area contributed by atoms with Crippen LogP contribution in [-0.4, -0.2) is 21.2 Å². The summed E-state index contributed by atoms with van der Waals surface area (Å²) in [6, 6.07) is 4.32. The highest BCUT2D eigenvalue weighted by atomic mass is 32.1. The Hall–Kier alpha value is -2.59. The van der Waals surface area contributed by atoms with Gasteiger partial charge in [0.05, 0.1) is 5.56 Å². The van der Waals surface area contributed by atoms with Crippen LogP contribution in [0, 0.1) is 11.3 Å². The number of rotatable bonds is 1. The highest BCUT2D eigenvalue weighted by molar-refractivity contribution is 7.80. The normalized spacial score (nSPS) is 16.3. The van der Waals surface area contributed by atoms with E-state index in [0.29, 0.717) is 5.56 Å². The molecule has 90 valence electrons. The molecule has 7 heteroatoms. The molecule has 4 N–H and O–H groups in total. The average molecular weight is 261 g/mol. The minimum Gasteiger partial charge on any atom is -0.504 e. The van der Waals surface area contributed by atoms with E-state index >= 15 is 0 Å². The summed E-state index contributed by atoms with van der Waals surface area (Å²) >= 11 is 4.76. The molecule has 1 aliphatic rings. The van der Waals surface area contributed by atoms with Gasteiger partial charge in [-0.15, -0.1) is 0 Å². The number of thiocarbonyl (C=S) groups is 1. The molecule has 1 saturated heterocycles. The quantitative estimate of drug-likeness (QED) is 0.329. The smallest absolute Gasteiger partial charge is 0.273 e. The number of carbonyl (C=O) groups excluding carboxylic acids is 1. The third-order valence-electron chi connectivity index (χ3n) is 2.26. The van der Waals surface area contributed by atoms with Crippen LogP contribution in [0.1, 0.15) is 11.1 Å². The zero-order chi connectivity index (χ0) is 13.3. The number of aromatic hydroxyl groups is 2. The Labute approximate surface area is 107 Å². The van der Waals surface area contributed by atoms with Crippen LogP contribution < -0.4 is 10.6 Å². The number of nitriles is 1. The molecular formula is C11H7N3O3S. The van der Waals surface area contributed by atoms with Gasteiger partial charge in [-0.3, -0.25) is 10.1 Å². The van der Waals surface area contributed by atoms with Crippen LogP contribution in [0.5, 0.6) is 11.5 Å². The molecule has 0 radical (unpaired) electrons. The van der Waals surface area contributed by atoms with Crippen LogP contribution in [0.2, 0.25) is 0 Å². The molecule has 1 aliphatic heterocycles. The summed E-state index contributed by atoms with van der Waals surface area (Å²) in [5, 5.41) is 32.8. The molecule has 1 aromatic carbocycles. The predicted molar refractivity (Wildman–Crippen MR) is 66.3 cm³/mol. The second-order valence-corrected chi connectivity index (χ2v) is 3.92. The molecule has 0 spiro atoms. The van der Waals surface area contributed by atoms with Crippen LogP contribution in [0.25, 0.3) is 6.08 Å². The number of amides is 1. The summed E-state index contributed by atoms with van der Waals surface area (Å²) in [6.45, 7) is 0. The number of hydrogen-bond acceptors (Lipinski definition) is 5. The van der Waals surface area contributed by atoms with Gasteiger partial charge in [0.2, 0.25) is 0 Å². The first-order valence-electron chi connectivity index (χ1n) is 4.81. The summed E-state index contributed by atoms with van der Waals surface area (Å²) in [6.07, 6.45) is 1.41. The third kappa shape index (κ3) is 2.09. The molecule has 1 amide bonds. The lowest BCUT2D eigenvalue weighted by Crippen LogP contribution is -2.21. The summed E-state index contributed by atoms with van der Waals surface area (Å²) < 4.78 is 0. The maximum atomic E-state index is 11.4. The monoisotopic (exact) mass is 261 g/mol. The predicted octanol–water partition coefficient (Wildman–Crippen LogP) is 0.315. The van der Waals surface area contributed by atoms with Crippen LogP contribution in [0.4, 0.5) is 0 Å². The van der Waals surface area contributed by atoms with Crippen LogP contribution >= 0.6 is 12.2 Å². The van der Waals surface area contributed by atoms with Crippen molar-refractivity contribution >= 4 is 29.3 Å². The second-order valence-electron chi connectivity index (χ2n) is 3.51. The van der Waals surface area contributed by atoms with Crippen molar-refractivity contribution in [1.29, 1.82) is 5.26 Å². The van der Waals surface area contributed by atoms with E-state index in [2.05, 4.69) is 10.6 Å². The number of phenolic OH excluding ortho intramolecular Hbond substituents is 2. The highest BCUT2D eigenvalue weighted by Gasteiger charge is 2.20. The molecule has 0 atom stereocenters. The van der Waals surface area contributed by atoms with Gasteiger partial charge in [-0.25, -0.2) is 0 Å². The number of phenols is 2. The molecule has 0 aromatic heterocycles. The van der Waals surface area contributed by atoms with Crippen LogP contribution in [0.15, 0.2) is 17.8 Å². The lowest BCUT2D eigenvalue weighted by molar-refractivity contribution is -0.115. The Morgan fingerprint density at radius 3 is 2.61 bits per heavy atom. The molecule has 0 aliphatic carbocycles. The van der Waals surface area contributed by atoms with Gasteiger partial charge < -0.3 is 15.5 Å². The Bertz CT molecular complexity index is 631. The van der Waals surface area contributed by atoms with E-state index in [1.165, 1.54) is 18.2 Å². The van der Waals surface area contributed by atoms with Crippen molar-refractivity contribution in [2.45, 2.75) is 0 Å². The fraction of sp³-hybridized carbons (Fsp3) is 0. The average Bonchev–Trinajstić information content (AvgIpc) is 2.62. The van der Waals surface area contributed by atoms with Gasteiger partial charge in [0, 0.05) is 0 Å². The lowest BCUT2D eigenvalue weighted by atomic mass is 10.1. The number of carbonyl (C=O) groups is 1. The highest BCUT2D eigenvalue weighted by Crippen LogP contribution is 2.30. The van der Waals surface area contributed by atoms with Gasteiger partial charge >= 0.3 is 0 Å². The van der Waals surface area contributed by atoms with E-state index in [0.717, 1.165) is 0 Å². The summed E-state index contributed by atoms with van der Waals surface area (Å²) in [7, 11) is 0. The van der Waals surface area contributed by atoms with E-state index < -0.39 is 17.4 Å². The van der Waals surface area contributed by atoms with Gasteiger partial charge in [0.1, 0.15) is 11.8 Å². The molecule has 0 bridgehead atoms. The largest absolute Gasteiger partial charge is 0.504 e. The van der Waals surface area contributed by atoms with Gasteiger partial charge in [0.15, 0.2) is 16.6 Å². The van der Waals surface area contributed by atoms with Crippen molar-refractivity contribution in [1.82, 2.24) is 10.6 Å². The van der Waals surface area contributed by atoms with Crippen molar-refractivity contribution in [2.24, 2.45) is 0 Å². The van der Waals surface area contributed by atoms with Crippen molar-refractivity contribution < 1.29 is 15.0 Å². The van der Waals surface area contributed by atoms with Gasteiger partial charge in [0.25, 0.3) is 5.91 Å². The van der Waals surface area contributed by atoms with E-state index in [1.54, 1.807) is 6.07 Å². The molecule has 6 nitrogen and oxygen atoms in total. The number of benzene rings is 1. The van der Waals surface area contributed by atoms with Crippen LogP contribution in [-0.2, 0) is 4.79 Å². The van der Waals surface area contributed by atoms with E-state index in [-0.39, 0.29) is 16.4 Å². The van der Waals surface area contributed by atoms with Gasteiger partial charge in [-0.2, -0.15) is 5.26 Å². The molecule has 18 heavy (non-hydrogen) atoms. The first kappa shape index (κ1) is 11.9. The molecule has 1 heterocycles. The van der Waals surface area contributed by atoms with E-state index in [1.807, 2.05) is 0 Å². The maximum absolute atomic E-state index is 11.4. The summed E-state index contributed by atoms with van der Waals surface area (Å²) in [4.78, 5) is 11.4. The Morgan fingerprint density at radius 2 is 2.06 bits per heavy atom. The molecule has 0 unspecified atom stereocenters. The third-order valence-corrected chi connectivity index (χ3v) is 2.47. The number of nitrogens with one attached hydrogen (secondary N) is 2. The molecular weight excluding hydrogens is 254 g/mol. The van der Waals surface area contributed by atoms with Crippen molar-refractivity contribution in [3.05, 3.63) is 29.0 Å². The minimum absolute atomic E-state index is 0.0807. The van der Waals surface area contributed by atoms with Crippen LogP contribution in [0.3, 0.4) is 0 Å². The fourth-order valence-electron chi connectivity index (χ4n) is 1.46. The zero-order valence-corrected chi connectivity index (χ0v) is 9.71. The zero-order valence-electron chi connectivity index (χ0n) is 8.89. The fourth-order valence-corrected chi connectivity index (χ4v) is 1.66. The number of hydrogen-bond donors (Lipinski definition) is 4. The lowest BCUT2D eigenvalue weighted by Gasteiger charge is -2.02. The van der Waals surface area contributed by atoms with E-state index in [9.17, 15) is 15.0 Å². The van der Waals surface area contributed by atoms with Gasteiger partial charge in [-0.05, 0) is 36.0 Å². The molecule has 0 saturated carbocycles. The summed E-state index contributed by atoms with van der Waals surface area (Å²) in [5.74, 6) is -1.31. The van der Waals surface area contributed by atoms with Crippen molar-refractivity contribution in [2.75, 3.05) is 0 Å². The Morgan fingerprint density at radius 1 is 1.33 bits per heavy atom. The van der Waals surface area contributed by atoms with E-state index in [4.69, 9.17) is 17.5 Å². The molecule has 1 aromatic rings. The standard InChI is InChI=1S/C11H7N3O3S/c12-4-6-1-5(3-8(15)9(6)16)2-7-10(17)14-11(18)13-7/h1-3,15-16H,(H2,13,14,17,18)/b7-2+. The first-order chi connectivity index (χ1) is 8.51. The SMILES string of the molecule is N#Cc1cc(/C=C2/NC(=S)NC2=O)cc(O)c1O. The summed E-state index contributed by atoms with van der Waals surface area (Å²) in [5.41, 5.74) is 0.515. The Kier molecular flexibility index (Phi) is 2.87. The van der Waals surface area contributed by atoms with Crippen molar-refractivity contribution in [3.8, 4) is 17.6 Å². The molecule has 2 rings (SSSR count). The number of nitrogens with zero attached hydrogens (tertiary/aromatic N) is 1. The van der Waals surface area contributed by atoms with Crippen molar-refractivity contribution in [3.63, 3.8) is 0 Å². The van der Waals surface area contributed by atoms with Gasteiger partial charge in [-0.1, -0.05) is 0 Å². The Balaban J connectivity index is 2.45.